The largest absolute Gasteiger partial charge is 0.324 e. The van der Waals surface area contributed by atoms with Crippen LogP contribution in [0.4, 0.5) is 40.3 Å². The Kier molecular flexibility index (Phi) is 9.85. The number of rotatable bonds is 10. The van der Waals surface area contributed by atoms with Gasteiger partial charge in [-0.2, -0.15) is 42.0 Å². The molecule has 5 rings (SSSR count). The molecule has 0 spiro atoms. The number of carbonyl (C=O) groups is 1. The maximum absolute atomic E-state index is 12.0. The van der Waals surface area contributed by atoms with Crippen molar-refractivity contribution in [3.8, 4) is 0 Å². The highest BCUT2D eigenvalue weighted by Crippen LogP contribution is 2.32. The van der Waals surface area contributed by atoms with Crippen LogP contribution in [-0.2, 0) is 25.0 Å². The summed E-state index contributed by atoms with van der Waals surface area (Å²) in [6.45, 7) is 5.30. The molecule has 0 atom stereocenters. The predicted molar refractivity (Wildman–Crippen MR) is 183 cm³/mol. The second-order valence-corrected chi connectivity index (χ2v) is 14.0. The standard InChI is InChI=1S/C29H22BrClN8O7S2/c1-15-11-20(34-29-36-27(31)35-28(37-29)33-19-7-5-18(6-8-19)32-26(40)16(2)30)9-10-24(15)39-38-21-4-3-17-12-22(47(41,42)43)14-25(23(17)13-21)48(44,45)46/h3-14H,2H2,1H3,(H,32,40)(H,41,42,43)(H,44,45,46)(H2,33,34,35,36,37). The summed E-state index contributed by atoms with van der Waals surface area (Å²) in [5, 5.41) is 17.2. The second-order valence-electron chi connectivity index (χ2n) is 9.92. The Labute approximate surface area is 286 Å². The minimum atomic E-state index is -4.86. The van der Waals surface area contributed by atoms with Crippen LogP contribution in [0.2, 0.25) is 5.28 Å². The van der Waals surface area contributed by atoms with Crippen LogP contribution in [0.1, 0.15) is 5.56 Å². The highest BCUT2D eigenvalue weighted by molar-refractivity contribution is 9.12. The number of benzene rings is 4. The molecule has 0 unspecified atom stereocenters. The van der Waals surface area contributed by atoms with Gasteiger partial charge >= 0.3 is 0 Å². The summed E-state index contributed by atoms with van der Waals surface area (Å²) in [6, 6.07) is 17.8. The van der Waals surface area contributed by atoms with Gasteiger partial charge in [0, 0.05) is 22.4 Å². The van der Waals surface area contributed by atoms with Crippen LogP contribution < -0.4 is 16.0 Å². The lowest BCUT2D eigenvalue weighted by molar-refractivity contribution is -0.112. The number of nitrogens with zero attached hydrogens (tertiary/aromatic N) is 5. The second kappa shape index (κ2) is 13.7. The number of hydrogen-bond donors (Lipinski definition) is 5. The molecule has 0 bridgehead atoms. The highest BCUT2D eigenvalue weighted by atomic mass is 79.9. The van der Waals surface area contributed by atoms with Crippen molar-refractivity contribution in [1.29, 1.82) is 0 Å². The molecule has 19 heteroatoms. The van der Waals surface area contributed by atoms with E-state index >= 15 is 0 Å². The minimum absolute atomic E-state index is 0.0232. The zero-order valence-electron chi connectivity index (χ0n) is 24.4. The van der Waals surface area contributed by atoms with E-state index in [2.05, 4.69) is 63.6 Å². The van der Waals surface area contributed by atoms with E-state index in [1.54, 1.807) is 49.4 Å². The summed E-state index contributed by atoms with van der Waals surface area (Å²) >= 11 is 9.16. The molecular formula is C29H22BrClN8O7S2. The number of anilines is 5. The molecule has 48 heavy (non-hydrogen) atoms. The molecule has 0 aliphatic carbocycles. The summed E-state index contributed by atoms with van der Waals surface area (Å²) in [4.78, 5) is 22.9. The first-order valence-corrected chi connectivity index (χ1v) is 17.4. The summed E-state index contributed by atoms with van der Waals surface area (Å²) in [5.74, 6) is -0.0639. The van der Waals surface area contributed by atoms with Crippen molar-refractivity contribution < 1.29 is 30.7 Å². The van der Waals surface area contributed by atoms with Crippen LogP contribution in [0.15, 0.2) is 104 Å². The van der Waals surface area contributed by atoms with Gasteiger partial charge in [0.05, 0.1) is 20.8 Å². The van der Waals surface area contributed by atoms with Crippen LogP contribution in [0.5, 0.6) is 0 Å². The van der Waals surface area contributed by atoms with Gasteiger partial charge in [-0.15, -0.1) is 0 Å². The van der Waals surface area contributed by atoms with Crippen molar-refractivity contribution >= 4 is 105 Å². The minimum Gasteiger partial charge on any atom is -0.324 e. The summed E-state index contributed by atoms with van der Waals surface area (Å²) in [7, 11) is -9.60. The number of carbonyl (C=O) groups excluding carboxylic acids is 1. The molecule has 0 fully saturated rings. The van der Waals surface area contributed by atoms with Gasteiger partial charge in [0.1, 0.15) is 4.90 Å². The van der Waals surface area contributed by atoms with Gasteiger partial charge in [-0.1, -0.05) is 12.6 Å². The number of hydrogen-bond acceptors (Lipinski definition) is 12. The molecule has 246 valence electrons. The van der Waals surface area contributed by atoms with Gasteiger partial charge in [0.15, 0.2) is 0 Å². The molecule has 0 saturated heterocycles. The fourth-order valence-corrected chi connectivity index (χ4v) is 5.83. The van der Waals surface area contributed by atoms with E-state index in [0.29, 0.717) is 34.4 Å². The number of amides is 1. The first-order chi connectivity index (χ1) is 22.5. The molecule has 1 amide bonds. The third kappa shape index (κ3) is 8.54. The average molecular weight is 774 g/mol. The van der Waals surface area contributed by atoms with E-state index in [1.165, 1.54) is 18.2 Å². The van der Waals surface area contributed by atoms with E-state index < -0.39 is 30.0 Å². The van der Waals surface area contributed by atoms with Crippen molar-refractivity contribution in [2.45, 2.75) is 16.7 Å². The lowest BCUT2D eigenvalue weighted by atomic mass is 10.1. The molecule has 1 aromatic heterocycles. The SMILES string of the molecule is C=C(Br)C(=O)Nc1ccc(Nc2nc(Cl)nc(Nc3ccc(N=Nc4ccc5cc(S(=O)(=O)O)cc(S(=O)(=O)O)c5c4)c(C)c3)n2)cc1. The molecule has 4 aromatic carbocycles. The van der Waals surface area contributed by atoms with Crippen LogP contribution in [-0.4, -0.2) is 46.8 Å². The number of halogens is 2. The molecule has 5 aromatic rings. The van der Waals surface area contributed by atoms with Crippen LogP contribution in [0, 0.1) is 6.92 Å². The monoisotopic (exact) mass is 772 g/mol. The maximum atomic E-state index is 12.0. The van der Waals surface area contributed by atoms with Crippen LogP contribution in [0.25, 0.3) is 10.8 Å². The average Bonchev–Trinajstić information content (AvgIpc) is 2.99. The van der Waals surface area contributed by atoms with E-state index in [-0.39, 0.29) is 44.0 Å². The Morgan fingerprint density at radius 1 is 0.812 bits per heavy atom. The number of fused-ring (bicyclic) bond motifs is 1. The van der Waals surface area contributed by atoms with E-state index in [1.807, 2.05) is 0 Å². The van der Waals surface area contributed by atoms with Crippen molar-refractivity contribution in [3.63, 3.8) is 0 Å². The van der Waals surface area contributed by atoms with Gasteiger partial charge < -0.3 is 16.0 Å². The van der Waals surface area contributed by atoms with Crippen molar-refractivity contribution in [2.75, 3.05) is 16.0 Å². The highest BCUT2D eigenvalue weighted by Gasteiger charge is 2.20. The van der Waals surface area contributed by atoms with Gasteiger partial charge in [0.2, 0.25) is 17.2 Å². The zero-order chi connectivity index (χ0) is 34.8. The van der Waals surface area contributed by atoms with Crippen molar-refractivity contribution in [3.05, 3.63) is 94.7 Å². The zero-order valence-corrected chi connectivity index (χ0v) is 28.4. The summed E-state index contributed by atoms with van der Waals surface area (Å²) in [5.41, 5.74) is 3.13. The molecule has 15 nitrogen and oxygen atoms in total. The Morgan fingerprint density at radius 3 is 2.04 bits per heavy atom. The molecular weight excluding hydrogens is 752 g/mol. The van der Waals surface area contributed by atoms with Crippen LogP contribution >= 0.6 is 27.5 Å². The molecule has 1 heterocycles. The third-order valence-electron chi connectivity index (χ3n) is 6.43. The number of azo groups is 1. The van der Waals surface area contributed by atoms with Crippen molar-refractivity contribution in [2.24, 2.45) is 10.2 Å². The molecule has 0 aliphatic rings. The van der Waals surface area contributed by atoms with Gasteiger partial charge in [0.25, 0.3) is 26.1 Å². The fourth-order valence-electron chi connectivity index (χ4n) is 4.22. The van der Waals surface area contributed by atoms with E-state index in [4.69, 9.17) is 11.6 Å². The molecule has 0 radical (unpaired) electrons. The third-order valence-corrected chi connectivity index (χ3v) is 8.68. The number of aromatic nitrogens is 3. The normalized spacial score (nSPS) is 11.9. The topological polar surface area (TPSA) is 225 Å². The predicted octanol–water partition coefficient (Wildman–Crippen LogP) is 7.23. The molecule has 5 N–H and O–H groups in total. The molecule has 0 aliphatic heterocycles. The lowest BCUT2D eigenvalue weighted by Crippen LogP contribution is -2.10. The number of aryl methyl sites for hydroxylation is 1. The summed E-state index contributed by atoms with van der Waals surface area (Å²) < 4.78 is 66.4. The Morgan fingerprint density at radius 2 is 1.44 bits per heavy atom. The maximum Gasteiger partial charge on any atom is 0.295 e. The Bertz CT molecular complexity index is 2360. The van der Waals surface area contributed by atoms with E-state index in [0.717, 1.165) is 6.07 Å². The number of nitrogens with one attached hydrogen (secondary N) is 3. The quantitative estimate of drug-likeness (QED) is 0.0538. The summed E-state index contributed by atoms with van der Waals surface area (Å²) in [6.07, 6.45) is 0. The van der Waals surface area contributed by atoms with Gasteiger partial charge in [-0.25, -0.2) is 0 Å². The van der Waals surface area contributed by atoms with Crippen LogP contribution in [0.3, 0.4) is 0 Å². The first-order valence-electron chi connectivity index (χ1n) is 13.3. The first kappa shape index (κ1) is 34.5. The van der Waals surface area contributed by atoms with Gasteiger partial charge in [-0.3, -0.25) is 13.9 Å². The smallest absolute Gasteiger partial charge is 0.295 e. The van der Waals surface area contributed by atoms with Crippen molar-refractivity contribution in [1.82, 2.24) is 15.0 Å². The Hall–Kier alpha value is -4.85. The van der Waals surface area contributed by atoms with Gasteiger partial charge in [-0.05, 0) is 112 Å². The fraction of sp³-hybridized carbons (Fsp3) is 0.0345. The lowest BCUT2D eigenvalue weighted by Gasteiger charge is -2.10. The van der Waals surface area contributed by atoms with E-state index in [9.17, 15) is 30.7 Å². The molecule has 0 saturated carbocycles. The Balaban J connectivity index is 1.32.